The molecule has 4 rings (SSSR count). The second kappa shape index (κ2) is 8.25. The van der Waals surface area contributed by atoms with Gasteiger partial charge >= 0.3 is 0 Å². The van der Waals surface area contributed by atoms with Crippen molar-refractivity contribution in [2.45, 2.75) is 69.3 Å². The number of aryl methyl sites for hydroxylation is 1. The van der Waals surface area contributed by atoms with E-state index < -0.39 is 0 Å². The Kier molecular flexibility index (Phi) is 5.58. The molecule has 0 aromatic heterocycles. The van der Waals surface area contributed by atoms with Crippen LogP contribution >= 0.6 is 0 Å². The molecule has 2 heteroatoms. The molecule has 2 bridgehead atoms. The number of hydrogen-bond acceptors (Lipinski definition) is 1. The highest BCUT2D eigenvalue weighted by atomic mass is 16.1. The minimum absolute atomic E-state index is 0.118. The number of benzene rings is 2. The van der Waals surface area contributed by atoms with Crippen molar-refractivity contribution in [2.24, 2.45) is 0 Å². The van der Waals surface area contributed by atoms with Gasteiger partial charge < -0.3 is 0 Å². The summed E-state index contributed by atoms with van der Waals surface area (Å²) in [4.78, 5) is 12.5. The van der Waals surface area contributed by atoms with Crippen molar-refractivity contribution < 1.29 is 4.79 Å². The van der Waals surface area contributed by atoms with Gasteiger partial charge in [0.1, 0.15) is 6.71 Å². The highest BCUT2D eigenvalue weighted by molar-refractivity contribution is 6.62. The number of carbonyl (C=O) groups excluding carboxylic acids is 1. The van der Waals surface area contributed by atoms with Gasteiger partial charge in [0.15, 0.2) is 5.78 Å². The zero-order valence-electron chi connectivity index (χ0n) is 15.7. The fourth-order valence-corrected chi connectivity index (χ4v) is 5.41. The van der Waals surface area contributed by atoms with Crippen LogP contribution in [0.2, 0.25) is 18.0 Å². The largest absolute Gasteiger partial charge is 0.289 e. The molecule has 2 aliphatic rings. The van der Waals surface area contributed by atoms with Gasteiger partial charge in [0.05, 0.1) is 0 Å². The zero-order valence-corrected chi connectivity index (χ0v) is 15.7. The molecule has 2 aromatic rings. The molecule has 26 heavy (non-hydrogen) atoms. The van der Waals surface area contributed by atoms with E-state index in [2.05, 4.69) is 12.1 Å². The molecular weight excluding hydrogens is 315 g/mol. The van der Waals surface area contributed by atoms with E-state index in [1.54, 1.807) is 0 Å². The standard InChI is InChI=1S/C24H29BO/c26-24(20-8-2-1-3-9-20)21-16-14-19(15-17-21)7-6-18-25-22-10-4-11-23(25)13-5-12-22/h1-3,8-9,14-17,22-23H,4-7,10-13,18H2. The lowest BCUT2D eigenvalue weighted by atomic mass is 9.26. The van der Waals surface area contributed by atoms with Crippen LogP contribution in [0.3, 0.4) is 0 Å². The summed E-state index contributed by atoms with van der Waals surface area (Å²) in [5.41, 5.74) is 2.93. The summed E-state index contributed by atoms with van der Waals surface area (Å²) in [5.74, 6) is 2.16. The molecule has 0 saturated carbocycles. The van der Waals surface area contributed by atoms with Crippen LogP contribution in [-0.4, -0.2) is 12.5 Å². The number of hydrogen-bond donors (Lipinski definition) is 0. The second-order valence-electron chi connectivity index (χ2n) is 8.33. The minimum atomic E-state index is 0.118. The van der Waals surface area contributed by atoms with E-state index in [0.717, 1.165) is 35.9 Å². The molecule has 2 aliphatic heterocycles. The van der Waals surface area contributed by atoms with Crippen LogP contribution in [0.15, 0.2) is 54.6 Å². The van der Waals surface area contributed by atoms with Gasteiger partial charge in [-0.05, 0) is 12.0 Å². The monoisotopic (exact) mass is 344 g/mol. The van der Waals surface area contributed by atoms with Crippen molar-refractivity contribution in [3.05, 3.63) is 71.3 Å². The molecule has 0 unspecified atom stereocenters. The van der Waals surface area contributed by atoms with Crippen LogP contribution in [0.1, 0.15) is 66.4 Å². The molecule has 2 aromatic carbocycles. The van der Waals surface area contributed by atoms with Crippen molar-refractivity contribution in [1.29, 1.82) is 0 Å². The maximum atomic E-state index is 12.5. The summed E-state index contributed by atoms with van der Waals surface area (Å²) in [7, 11) is 0. The van der Waals surface area contributed by atoms with Crippen molar-refractivity contribution in [1.82, 2.24) is 0 Å². The van der Waals surface area contributed by atoms with E-state index in [9.17, 15) is 4.79 Å². The minimum Gasteiger partial charge on any atom is -0.289 e. The van der Waals surface area contributed by atoms with Gasteiger partial charge in [0, 0.05) is 11.1 Å². The number of ketones is 1. The lowest BCUT2D eigenvalue weighted by molar-refractivity contribution is 0.103. The first-order valence-electron chi connectivity index (χ1n) is 10.5. The highest BCUT2D eigenvalue weighted by Gasteiger charge is 2.38. The second-order valence-corrected chi connectivity index (χ2v) is 8.33. The first-order valence-corrected chi connectivity index (χ1v) is 10.5. The van der Waals surface area contributed by atoms with Gasteiger partial charge in [-0.2, -0.15) is 0 Å². The predicted molar refractivity (Wildman–Crippen MR) is 110 cm³/mol. The van der Waals surface area contributed by atoms with E-state index >= 15 is 0 Å². The molecule has 0 N–H and O–H groups in total. The van der Waals surface area contributed by atoms with Crippen LogP contribution in [0.5, 0.6) is 0 Å². The van der Waals surface area contributed by atoms with Crippen molar-refractivity contribution in [2.75, 3.05) is 0 Å². The molecule has 0 spiro atoms. The van der Waals surface area contributed by atoms with Gasteiger partial charge in [-0.15, -0.1) is 0 Å². The topological polar surface area (TPSA) is 17.1 Å². The van der Waals surface area contributed by atoms with Crippen molar-refractivity contribution in [3.8, 4) is 0 Å². The van der Waals surface area contributed by atoms with Crippen LogP contribution in [-0.2, 0) is 6.42 Å². The SMILES string of the molecule is O=C(c1ccccc1)c1ccc(CCCB2C3CCCC2CCC3)cc1. The summed E-state index contributed by atoms with van der Waals surface area (Å²) in [6.07, 6.45) is 12.7. The molecule has 0 amide bonds. The first kappa shape index (κ1) is 17.6. The smallest absolute Gasteiger partial charge is 0.193 e. The number of fused-ring (bicyclic) bond motifs is 2. The van der Waals surface area contributed by atoms with Crippen LogP contribution in [0.25, 0.3) is 0 Å². The van der Waals surface area contributed by atoms with Gasteiger partial charge in [-0.1, -0.05) is 117 Å². The maximum absolute atomic E-state index is 12.5. The average Bonchev–Trinajstić information content (AvgIpc) is 2.68. The molecule has 0 radical (unpaired) electrons. The summed E-state index contributed by atoms with van der Waals surface area (Å²) in [5, 5.41) is 0. The Balaban J connectivity index is 1.31. The first-order chi connectivity index (χ1) is 12.8. The zero-order chi connectivity index (χ0) is 17.8. The Hall–Kier alpha value is -1.83. The Labute approximate surface area is 158 Å². The van der Waals surface area contributed by atoms with Crippen LogP contribution < -0.4 is 0 Å². The van der Waals surface area contributed by atoms with Crippen molar-refractivity contribution in [3.63, 3.8) is 0 Å². The summed E-state index contributed by atoms with van der Waals surface area (Å²) >= 11 is 0. The Morgan fingerprint density at radius 3 is 2.00 bits per heavy atom. The molecule has 1 nitrogen and oxygen atoms in total. The van der Waals surface area contributed by atoms with E-state index in [-0.39, 0.29) is 5.78 Å². The fourth-order valence-electron chi connectivity index (χ4n) is 5.41. The van der Waals surface area contributed by atoms with Crippen molar-refractivity contribution >= 4 is 12.5 Å². The Bertz CT molecular complexity index is 700. The molecule has 0 aliphatic carbocycles. The van der Waals surface area contributed by atoms with E-state index in [1.807, 2.05) is 42.5 Å². The Morgan fingerprint density at radius 2 is 1.38 bits per heavy atom. The van der Waals surface area contributed by atoms with Crippen LogP contribution in [0, 0.1) is 0 Å². The van der Waals surface area contributed by atoms with E-state index in [1.165, 1.54) is 56.8 Å². The highest BCUT2D eigenvalue weighted by Crippen LogP contribution is 2.48. The summed E-state index contributed by atoms with van der Waals surface area (Å²) in [6.45, 7) is 0.997. The van der Waals surface area contributed by atoms with E-state index in [0.29, 0.717) is 0 Å². The third kappa shape index (κ3) is 3.95. The van der Waals surface area contributed by atoms with Gasteiger partial charge in [0.25, 0.3) is 0 Å². The third-order valence-corrected chi connectivity index (χ3v) is 6.77. The van der Waals surface area contributed by atoms with Crippen LogP contribution in [0.4, 0.5) is 0 Å². The predicted octanol–water partition coefficient (Wildman–Crippen LogP) is 6.45. The average molecular weight is 344 g/mol. The molecule has 134 valence electrons. The number of rotatable bonds is 6. The quantitative estimate of drug-likeness (QED) is 0.434. The molecule has 0 atom stereocenters. The molecule has 2 fully saturated rings. The lowest BCUT2D eigenvalue weighted by Gasteiger charge is -2.40. The van der Waals surface area contributed by atoms with Gasteiger partial charge in [-0.3, -0.25) is 4.79 Å². The maximum Gasteiger partial charge on any atom is 0.193 e. The third-order valence-electron chi connectivity index (χ3n) is 6.77. The number of carbonyl (C=O) groups is 1. The lowest BCUT2D eigenvalue weighted by Crippen LogP contribution is -2.34. The van der Waals surface area contributed by atoms with Gasteiger partial charge in [0.2, 0.25) is 0 Å². The normalized spacial score (nSPS) is 22.2. The van der Waals surface area contributed by atoms with E-state index in [4.69, 9.17) is 0 Å². The summed E-state index contributed by atoms with van der Waals surface area (Å²) in [6, 6.07) is 17.9. The Morgan fingerprint density at radius 1 is 0.808 bits per heavy atom. The molecular formula is C24H29BO. The molecule has 2 heterocycles. The van der Waals surface area contributed by atoms with Gasteiger partial charge in [-0.25, -0.2) is 0 Å². The summed E-state index contributed by atoms with van der Waals surface area (Å²) < 4.78 is 0. The fraction of sp³-hybridized carbons (Fsp3) is 0.458. The molecule has 2 saturated heterocycles.